The maximum Gasteiger partial charge on any atom is 0.253 e. The van der Waals surface area contributed by atoms with E-state index in [4.69, 9.17) is 16.6 Å². The Morgan fingerprint density at radius 2 is 1.71 bits per heavy atom. The van der Waals surface area contributed by atoms with Crippen molar-refractivity contribution in [3.63, 3.8) is 0 Å². The van der Waals surface area contributed by atoms with Gasteiger partial charge >= 0.3 is 0 Å². The third kappa shape index (κ3) is 4.10. The highest BCUT2D eigenvalue weighted by atomic mass is 35.5. The molecule has 1 amide bonds. The average molecular weight is 436 g/mol. The molecule has 0 radical (unpaired) electrons. The van der Waals surface area contributed by atoms with Gasteiger partial charge in [0.05, 0.1) is 5.52 Å². The van der Waals surface area contributed by atoms with E-state index in [-0.39, 0.29) is 5.91 Å². The van der Waals surface area contributed by atoms with Gasteiger partial charge < -0.3 is 9.80 Å². The molecule has 3 heterocycles. The number of carbonyl (C=O) groups excluding carboxylic acids is 1. The number of fused-ring (bicyclic) bond motifs is 1. The number of piperazine rings is 1. The molecule has 0 saturated carbocycles. The Hall–Kier alpha value is -2.70. The number of rotatable bonds is 3. The number of halogens is 1. The van der Waals surface area contributed by atoms with E-state index in [1.165, 1.54) is 0 Å². The van der Waals surface area contributed by atoms with Crippen LogP contribution >= 0.6 is 11.6 Å². The number of carbonyl (C=O) groups is 1. The number of para-hydroxylation sites is 1. The Morgan fingerprint density at radius 1 is 0.968 bits per heavy atom. The molecule has 2 aromatic carbocycles. The number of aromatic nitrogens is 2. The Balaban J connectivity index is 1.23. The molecule has 0 spiro atoms. The summed E-state index contributed by atoms with van der Waals surface area (Å²) in [7, 11) is 0. The van der Waals surface area contributed by atoms with E-state index in [1.807, 2.05) is 17.9 Å². The molecule has 1 atom stereocenters. The van der Waals surface area contributed by atoms with Crippen LogP contribution in [0.3, 0.4) is 0 Å². The van der Waals surface area contributed by atoms with Gasteiger partial charge in [-0.1, -0.05) is 23.7 Å². The number of nitrogens with zero attached hydrogens (tertiary/aromatic N) is 5. The lowest BCUT2D eigenvalue weighted by molar-refractivity contribution is 0.0585. The third-order valence-corrected chi connectivity index (χ3v) is 6.62. The minimum absolute atomic E-state index is 0.0901. The van der Waals surface area contributed by atoms with Gasteiger partial charge in [-0.2, -0.15) is 0 Å². The SMILES string of the molecule is Cc1nc(N2CCC(N3CCN(C(=O)c4ccc(Cl)cc4)CC3)C2)c2ccccc2n1. The van der Waals surface area contributed by atoms with Crippen molar-refractivity contribution in [3.8, 4) is 0 Å². The van der Waals surface area contributed by atoms with Crippen molar-refractivity contribution in [2.24, 2.45) is 0 Å². The van der Waals surface area contributed by atoms with Crippen molar-refractivity contribution in [2.75, 3.05) is 44.2 Å². The lowest BCUT2D eigenvalue weighted by Gasteiger charge is -2.38. The molecule has 3 aromatic rings. The molecular weight excluding hydrogens is 410 g/mol. The van der Waals surface area contributed by atoms with Crippen molar-refractivity contribution in [3.05, 3.63) is 64.9 Å². The summed E-state index contributed by atoms with van der Waals surface area (Å²) in [6.07, 6.45) is 1.11. The van der Waals surface area contributed by atoms with E-state index in [0.717, 1.165) is 68.2 Å². The lowest BCUT2D eigenvalue weighted by atomic mass is 10.1. The van der Waals surface area contributed by atoms with Gasteiger partial charge in [0, 0.05) is 61.3 Å². The fraction of sp³-hybridized carbons (Fsp3) is 0.375. The quantitative estimate of drug-likeness (QED) is 0.628. The van der Waals surface area contributed by atoms with Crippen LogP contribution < -0.4 is 4.90 Å². The highest BCUT2D eigenvalue weighted by Crippen LogP contribution is 2.28. The molecule has 31 heavy (non-hydrogen) atoms. The topological polar surface area (TPSA) is 52.6 Å². The normalized spacial score (nSPS) is 19.9. The summed E-state index contributed by atoms with van der Waals surface area (Å²) in [6, 6.07) is 15.9. The zero-order chi connectivity index (χ0) is 21.4. The predicted octanol–water partition coefficient (Wildman–Crippen LogP) is 3.63. The van der Waals surface area contributed by atoms with Crippen LogP contribution in [0.5, 0.6) is 0 Å². The number of hydrogen-bond acceptors (Lipinski definition) is 5. The fourth-order valence-electron chi connectivity index (χ4n) is 4.71. The van der Waals surface area contributed by atoms with E-state index in [0.29, 0.717) is 16.6 Å². The van der Waals surface area contributed by atoms with Gasteiger partial charge in [0.25, 0.3) is 5.91 Å². The van der Waals surface area contributed by atoms with E-state index in [2.05, 4.69) is 33.0 Å². The summed E-state index contributed by atoms with van der Waals surface area (Å²) in [5, 5.41) is 1.77. The molecule has 1 aromatic heterocycles. The maximum absolute atomic E-state index is 12.8. The zero-order valence-corrected chi connectivity index (χ0v) is 18.4. The molecule has 5 rings (SSSR count). The van der Waals surface area contributed by atoms with Gasteiger partial charge in [-0.05, 0) is 49.7 Å². The minimum atomic E-state index is 0.0901. The van der Waals surface area contributed by atoms with Gasteiger partial charge in [0.1, 0.15) is 11.6 Å². The molecule has 1 unspecified atom stereocenters. The highest BCUT2D eigenvalue weighted by Gasteiger charge is 2.32. The summed E-state index contributed by atoms with van der Waals surface area (Å²) in [5.74, 6) is 1.95. The first-order chi connectivity index (χ1) is 15.1. The standard InChI is InChI=1S/C24H26ClN5O/c1-17-26-22-5-3-2-4-21(22)23(27-17)30-11-10-20(16-30)28-12-14-29(15-13-28)24(31)18-6-8-19(25)9-7-18/h2-9,20H,10-16H2,1H3. The maximum atomic E-state index is 12.8. The van der Waals surface area contributed by atoms with E-state index in [1.54, 1.807) is 24.3 Å². The van der Waals surface area contributed by atoms with Crippen molar-refractivity contribution >= 4 is 34.2 Å². The molecule has 2 aliphatic rings. The predicted molar refractivity (Wildman–Crippen MR) is 124 cm³/mol. The smallest absolute Gasteiger partial charge is 0.253 e. The number of aryl methyl sites for hydroxylation is 1. The third-order valence-electron chi connectivity index (χ3n) is 6.37. The van der Waals surface area contributed by atoms with Crippen LogP contribution in [0, 0.1) is 6.92 Å². The Bertz CT molecular complexity index is 1090. The van der Waals surface area contributed by atoms with Gasteiger partial charge in [0.2, 0.25) is 0 Å². The first-order valence-electron chi connectivity index (χ1n) is 10.9. The molecule has 0 N–H and O–H groups in total. The monoisotopic (exact) mass is 435 g/mol. The number of hydrogen-bond donors (Lipinski definition) is 0. The first kappa shape index (κ1) is 20.2. The second-order valence-corrected chi connectivity index (χ2v) is 8.77. The van der Waals surface area contributed by atoms with E-state index < -0.39 is 0 Å². The summed E-state index contributed by atoms with van der Waals surface area (Å²) < 4.78 is 0. The van der Waals surface area contributed by atoms with E-state index >= 15 is 0 Å². The summed E-state index contributed by atoms with van der Waals surface area (Å²) >= 11 is 5.95. The summed E-state index contributed by atoms with van der Waals surface area (Å²) in [6.45, 7) is 7.24. The van der Waals surface area contributed by atoms with Crippen molar-refractivity contribution in [2.45, 2.75) is 19.4 Å². The number of amides is 1. The molecule has 2 fully saturated rings. The number of benzene rings is 2. The van der Waals surface area contributed by atoms with Gasteiger partial charge in [-0.15, -0.1) is 0 Å². The Morgan fingerprint density at radius 3 is 2.48 bits per heavy atom. The van der Waals surface area contributed by atoms with Crippen molar-refractivity contribution in [1.82, 2.24) is 19.8 Å². The largest absolute Gasteiger partial charge is 0.354 e. The van der Waals surface area contributed by atoms with Crippen LogP contribution in [0.4, 0.5) is 5.82 Å². The molecule has 2 saturated heterocycles. The molecule has 7 heteroatoms. The van der Waals surface area contributed by atoms with Crippen LogP contribution in [-0.2, 0) is 0 Å². The Labute approximate surface area is 187 Å². The number of anilines is 1. The second-order valence-electron chi connectivity index (χ2n) is 8.34. The molecule has 0 aliphatic carbocycles. The van der Waals surface area contributed by atoms with Crippen LogP contribution in [0.25, 0.3) is 10.9 Å². The van der Waals surface area contributed by atoms with Gasteiger partial charge in [-0.3, -0.25) is 9.69 Å². The van der Waals surface area contributed by atoms with Crippen molar-refractivity contribution in [1.29, 1.82) is 0 Å². The van der Waals surface area contributed by atoms with Crippen molar-refractivity contribution < 1.29 is 4.79 Å². The summed E-state index contributed by atoms with van der Waals surface area (Å²) in [5.41, 5.74) is 1.71. The van der Waals surface area contributed by atoms with Crippen LogP contribution in [0.2, 0.25) is 5.02 Å². The van der Waals surface area contributed by atoms with Crippen LogP contribution in [-0.4, -0.2) is 71.0 Å². The fourth-order valence-corrected chi connectivity index (χ4v) is 4.84. The molecule has 0 bridgehead atoms. The van der Waals surface area contributed by atoms with Crippen LogP contribution in [0.1, 0.15) is 22.6 Å². The molecule has 2 aliphatic heterocycles. The summed E-state index contributed by atoms with van der Waals surface area (Å²) in [4.78, 5) is 29.0. The molecule has 6 nitrogen and oxygen atoms in total. The Kier molecular flexibility index (Phi) is 5.50. The first-order valence-corrected chi connectivity index (χ1v) is 11.2. The van der Waals surface area contributed by atoms with E-state index in [9.17, 15) is 4.79 Å². The highest BCUT2D eigenvalue weighted by molar-refractivity contribution is 6.30. The van der Waals surface area contributed by atoms with Gasteiger partial charge in [0.15, 0.2) is 0 Å². The zero-order valence-electron chi connectivity index (χ0n) is 17.7. The second kappa shape index (κ2) is 8.44. The molecule has 160 valence electrons. The molecular formula is C24H26ClN5O. The van der Waals surface area contributed by atoms with Crippen LogP contribution in [0.15, 0.2) is 48.5 Å². The minimum Gasteiger partial charge on any atom is -0.354 e. The lowest BCUT2D eigenvalue weighted by Crippen LogP contribution is -2.52. The van der Waals surface area contributed by atoms with Gasteiger partial charge in [-0.25, -0.2) is 9.97 Å². The average Bonchev–Trinajstić information content (AvgIpc) is 3.29.